The Kier molecular flexibility index (Phi) is 7.70. The van der Waals surface area contributed by atoms with Gasteiger partial charge in [-0.2, -0.15) is 0 Å². The van der Waals surface area contributed by atoms with Crippen molar-refractivity contribution in [1.29, 1.82) is 0 Å². The third-order valence-electron chi connectivity index (χ3n) is 4.41. The number of para-hydroxylation sites is 1. The molecule has 0 saturated carbocycles. The molecule has 0 fully saturated rings. The summed E-state index contributed by atoms with van der Waals surface area (Å²) in [5, 5.41) is 2.93. The molecule has 0 radical (unpaired) electrons. The number of carbonyl (C=O) groups excluding carboxylic acids is 1. The van der Waals surface area contributed by atoms with Crippen LogP contribution in [0.5, 0.6) is 11.5 Å². The summed E-state index contributed by atoms with van der Waals surface area (Å²) < 4.78 is 11.5. The topological polar surface area (TPSA) is 47.6 Å². The van der Waals surface area contributed by atoms with Crippen molar-refractivity contribution in [3.8, 4) is 11.5 Å². The van der Waals surface area contributed by atoms with E-state index in [0.717, 1.165) is 25.0 Å². The zero-order chi connectivity index (χ0) is 20.3. The number of nitrogens with one attached hydrogen (secondary N) is 1. The summed E-state index contributed by atoms with van der Waals surface area (Å²) >= 11 is 0. The fraction of sp³-hybridized carbons (Fsp3) is 0.240. The molecule has 1 N–H and O–H groups in total. The van der Waals surface area contributed by atoms with Crippen molar-refractivity contribution in [2.75, 3.05) is 18.5 Å². The maximum absolute atomic E-state index is 12.7. The normalized spacial score (nSPS) is 10.4. The SMILES string of the molecule is CCCOc1ccccc1C(=O)Nc1cccc(OCCCc2ccccc2)c1. The summed E-state index contributed by atoms with van der Waals surface area (Å²) in [6.45, 7) is 3.24. The van der Waals surface area contributed by atoms with E-state index in [1.54, 1.807) is 6.07 Å². The van der Waals surface area contributed by atoms with Gasteiger partial charge in [-0.05, 0) is 49.1 Å². The molecule has 4 nitrogen and oxygen atoms in total. The summed E-state index contributed by atoms with van der Waals surface area (Å²) in [6, 6.07) is 25.1. The number of aryl methyl sites for hydroxylation is 1. The Labute approximate surface area is 172 Å². The number of rotatable bonds is 10. The molecule has 0 atom stereocenters. The van der Waals surface area contributed by atoms with E-state index >= 15 is 0 Å². The molecule has 3 rings (SSSR count). The third-order valence-corrected chi connectivity index (χ3v) is 4.41. The van der Waals surface area contributed by atoms with E-state index in [4.69, 9.17) is 9.47 Å². The van der Waals surface area contributed by atoms with Crippen LogP contribution in [0.2, 0.25) is 0 Å². The first-order chi connectivity index (χ1) is 14.3. The van der Waals surface area contributed by atoms with Gasteiger partial charge in [-0.25, -0.2) is 0 Å². The van der Waals surface area contributed by atoms with Crippen molar-refractivity contribution in [2.45, 2.75) is 26.2 Å². The molecule has 0 bridgehead atoms. The molecule has 0 aliphatic heterocycles. The van der Waals surface area contributed by atoms with Crippen LogP contribution in [0.4, 0.5) is 5.69 Å². The summed E-state index contributed by atoms with van der Waals surface area (Å²) in [5.74, 6) is 1.14. The zero-order valence-electron chi connectivity index (χ0n) is 16.8. The molecular formula is C25H27NO3. The Morgan fingerprint density at radius 2 is 1.66 bits per heavy atom. The molecular weight excluding hydrogens is 362 g/mol. The number of hydrogen-bond acceptors (Lipinski definition) is 3. The van der Waals surface area contributed by atoms with Crippen LogP contribution in [0.1, 0.15) is 35.7 Å². The highest BCUT2D eigenvalue weighted by Gasteiger charge is 2.12. The summed E-state index contributed by atoms with van der Waals surface area (Å²) in [5.41, 5.74) is 2.53. The number of benzene rings is 3. The second-order valence-electron chi connectivity index (χ2n) is 6.76. The average molecular weight is 389 g/mol. The standard InChI is InChI=1S/C25H27NO3/c1-2-17-29-24-16-7-6-15-23(24)25(27)26-21-13-8-14-22(19-21)28-18-9-12-20-10-4-3-5-11-20/h3-8,10-11,13-16,19H,2,9,12,17-18H2,1H3,(H,26,27). The molecule has 3 aromatic carbocycles. The van der Waals surface area contributed by atoms with E-state index in [-0.39, 0.29) is 5.91 Å². The Morgan fingerprint density at radius 3 is 2.48 bits per heavy atom. The van der Waals surface area contributed by atoms with Crippen molar-refractivity contribution in [3.05, 3.63) is 90.0 Å². The van der Waals surface area contributed by atoms with Gasteiger partial charge in [0, 0.05) is 11.8 Å². The molecule has 0 aromatic heterocycles. The van der Waals surface area contributed by atoms with E-state index < -0.39 is 0 Å². The van der Waals surface area contributed by atoms with Crippen molar-refractivity contribution in [3.63, 3.8) is 0 Å². The Bertz CT molecular complexity index is 909. The van der Waals surface area contributed by atoms with E-state index in [0.29, 0.717) is 30.2 Å². The summed E-state index contributed by atoms with van der Waals surface area (Å²) in [4.78, 5) is 12.7. The quantitative estimate of drug-likeness (QED) is 0.450. The van der Waals surface area contributed by atoms with Crippen LogP contribution in [-0.4, -0.2) is 19.1 Å². The molecule has 0 saturated heterocycles. The molecule has 4 heteroatoms. The van der Waals surface area contributed by atoms with Crippen LogP contribution in [0.3, 0.4) is 0 Å². The van der Waals surface area contributed by atoms with Crippen LogP contribution in [-0.2, 0) is 6.42 Å². The largest absolute Gasteiger partial charge is 0.494 e. The van der Waals surface area contributed by atoms with Gasteiger partial charge in [0.25, 0.3) is 5.91 Å². The maximum Gasteiger partial charge on any atom is 0.259 e. The van der Waals surface area contributed by atoms with Gasteiger partial charge in [0.05, 0.1) is 18.8 Å². The Hall–Kier alpha value is -3.27. The predicted molar refractivity (Wildman–Crippen MR) is 117 cm³/mol. The van der Waals surface area contributed by atoms with E-state index in [2.05, 4.69) is 17.4 Å². The number of ether oxygens (including phenoxy) is 2. The zero-order valence-corrected chi connectivity index (χ0v) is 16.8. The van der Waals surface area contributed by atoms with E-state index in [9.17, 15) is 4.79 Å². The fourth-order valence-electron chi connectivity index (χ4n) is 2.97. The summed E-state index contributed by atoms with van der Waals surface area (Å²) in [6.07, 6.45) is 2.80. The number of anilines is 1. The van der Waals surface area contributed by atoms with Crippen LogP contribution < -0.4 is 14.8 Å². The lowest BCUT2D eigenvalue weighted by molar-refractivity contribution is 0.102. The first-order valence-electron chi connectivity index (χ1n) is 10.1. The lowest BCUT2D eigenvalue weighted by atomic mass is 10.1. The monoisotopic (exact) mass is 389 g/mol. The lowest BCUT2D eigenvalue weighted by Crippen LogP contribution is -2.14. The lowest BCUT2D eigenvalue weighted by Gasteiger charge is -2.12. The number of hydrogen-bond donors (Lipinski definition) is 1. The van der Waals surface area contributed by atoms with Gasteiger partial charge in [0.1, 0.15) is 11.5 Å². The van der Waals surface area contributed by atoms with E-state index in [1.807, 2.05) is 67.6 Å². The molecule has 0 aliphatic rings. The fourth-order valence-corrected chi connectivity index (χ4v) is 2.97. The van der Waals surface area contributed by atoms with Crippen LogP contribution >= 0.6 is 0 Å². The second-order valence-corrected chi connectivity index (χ2v) is 6.76. The van der Waals surface area contributed by atoms with Gasteiger partial charge in [-0.15, -0.1) is 0 Å². The molecule has 0 unspecified atom stereocenters. The van der Waals surface area contributed by atoms with Crippen molar-refractivity contribution in [2.24, 2.45) is 0 Å². The van der Waals surface area contributed by atoms with Gasteiger partial charge >= 0.3 is 0 Å². The van der Waals surface area contributed by atoms with Gasteiger partial charge < -0.3 is 14.8 Å². The maximum atomic E-state index is 12.7. The minimum absolute atomic E-state index is 0.196. The first kappa shape index (κ1) is 20.5. The number of amides is 1. The van der Waals surface area contributed by atoms with Gasteiger partial charge in [-0.3, -0.25) is 4.79 Å². The average Bonchev–Trinajstić information content (AvgIpc) is 2.76. The highest BCUT2D eigenvalue weighted by Crippen LogP contribution is 2.22. The van der Waals surface area contributed by atoms with Gasteiger partial charge in [0.2, 0.25) is 0 Å². The van der Waals surface area contributed by atoms with Crippen LogP contribution in [0.25, 0.3) is 0 Å². The van der Waals surface area contributed by atoms with Gasteiger partial charge in [-0.1, -0.05) is 55.5 Å². The molecule has 1 amide bonds. The smallest absolute Gasteiger partial charge is 0.259 e. The van der Waals surface area contributed by atoms with Crippen LogP contribution in [0, 0.1) is 0 Å². The molecule has 150 valence electrons. The van der Waals surface area contributed by atoms with Crippen molar-refractivity contribution in [1.82, 2.24) is 0 Å². The number of carbonyl (C=O) groups is 1. The molecule has 29 heavy (non-hydrogen) atoms. The van der Waals surface area contributed by atoms with Crippen molar-refractivity contribution >= 4 is 11.6 Å². The Balaban J connectivity index is 1.55. The molecule has 0 heterocycles. The van der Waals surface area contributed by atoms with Crippen LogP contribution in [0.15, 0.2) is 78.9 Å². The molecule has 0 spiro atoms. The molecule has 0 aliphatic carbocycles. The van der Waals surface area contributed by atoms with Gasteiger partial charge in [0.15, 0.2) is 0 Å². The first-order valence-corrected chi connectivity index (χ1v) is 10.1. The Morgan fingerprint density at radius 1 is 0.862 bits per heavy atom. The summed E-state index contributed by atoms with van der Waals surface area (Å²) in [7, 11) is 0. The minimum atomic E-state index is -0.196. The highest BCUT2D eigenvalue weighted by atomic mass is 16.5. The predicted octanol–water partition coefficient (Wildman–Crippen LogP) is 5.74. The molecule has 3 aromatic rings. The van der Waals surface area contributed by atoms with Crippen molar-refractivity contribution < 1.29 is 14.3 Å². The second kappa shape index (κ2) is 10.9. The third kappa shape index (κ3) is 6.39. The minimum Gasteiger partial charge on any atom is -0.494 e. The highest BCUT2D eigenvalue weighted by molar-refractivity contribution is 6.06. The van der Waals surface area contributed by atoms with E-state index in [1.165, 1.54) is 5.56 Å².